The van der Waals surface area contributed by atoms with Crippen molar-refractivity contribution >= 4 is 53.7 Å². The van der Waals surface area contributed by atoms with Crippen LogP contribution in [0, 0.1) is 0 Å². The van der Waals surface area contributed by atoms with Crippen molar-refractivity contribution in [2.24, 2.45) is 0 Å². The van der Waals surface area contributed by atoms with E-state index in [1.807, 2.05) is 0 Å². The van der Waals surface area contributed by atoms with Crippen LogP contribution in [-0.4, -0.2) is 81.4 Å². The number of nitrogens with two attached hydrogens (primary N) is 3. The van der Waals surface area contributed by atoms with Crippen LogP contribution < -0.4 is 17.2 Å². The van der Waals surface area contributed by atoms with Gasteiger partial charge in [-0.15, -0.1) is 0 Å². The fourth-order valence-corrected chi connectivity index (χ4v) is 8.89. The summed E-state index contributed by atoms with van der Waals surface area (Å²) in [5.41, 5.74) is 15.4. The van der Waals surface area contributed by atoms with Crippen molar-refractivity contribution in [3.63, 3.8) is 0 Å². The van der Waals surface area contributed by atoms with E-state index in [2.05, 4.69) is 56.5 Å². The third-order valence-electron chi connectivity index (χ3n) is 14.2. The van der Waals surface area contributed by atoms with Crippen LogP contribution in [0.1, 0.15) is 388 Å². The smallest absolute Gasteiger partial charge is 0.303 e. The summed E-state index contributed by atoms with van der Waals surface area (Å²) in [7, 11) is 0. The van der Waals surface area contributed by atoms with Crippen molar-refractivity contribution in [1.82, 2.24) is 15.0 Å². The van der Waals surface area contributed by atoms with E-state index in [0.717, 1.165) is 77.0 Å². The van der Waals surface area contributed by atoms with E-state index in [9.17, 15) is 28.8 Å². The van der Waals surface area contributed by atoms with Gasteiger partial charge >= 0.3 is 35.8 Å². The molecule has 18 heteroatoms. The first-order chi connectivity index (χ1) is 41.8. The minimum atomic E-state index is -0.661. The van der Waals surface area contributed by atoms with Gasteiger partial charge in [-0.1, -0.05) is 311 Å². The monoisotopic (exact) mass is 1240 g/mol. The molecular weight excluding hydrogens is 1100 g/mol. The molecule has 87 heavy (non-hydrogen) atoms. The maximum absolute atomic E-state index is 10.2. The molecule has 0 radical (unpaired) electrons. The normalized spacial score (nSPS) is 10.1. The highest BCUT2D eigenvalue weighted by atomic mass is 16.4. The maximum atomic E-state index is 10.2. The Morgan fingerprint density at radius 3 is 0.391 bits per heavy atom. The molecular formula is C69H138N6O12. The second kappa shape index (κ2) is 83.3. The second-order valence-corrected chi connectivity index (χ2v) is 23.1. The average Bonchev–Trinajstić information content (AvgIpc) is 3.59. The molecule has 18 nitrogen and oxygen atoms in total. The molecule has 1 aromatic heterocycles. The number of carboxylic acid groups (broad SMARTS) is 6. The first kappa shape index (κ1) is 93.4. The van der Waals surface area contributed by atoms with Crippen LogP contribution in [0.4, 0.5) is 17.8 Å². The molecule has 0 fully saturated rings. The molecule has 0 bridgehead atoms. The number of aromatic nitrogens is 3. The van der Waals surface area contributed by atoms with Crippen LogP contribution in [0.15, 0.2) is 0 Å². The molecule has 0 aliphatic carbocycles. The number of hydrogen-bond acceptors (Lipinski definition) is 12. The number of rotatable bonds is 54. The van der Waals surface area contributed by atoms with Gasteiger partial charge in [0.05, 0.1) is 0 Å². The first-order valence-electron chi connectivity index (χ1n) is 35.1. The van der Waals surface area contributed by atoms with E-state index in [1.54, 1.807) is 0 Å². The number of anilines is 3. The Bertz CT molecular complexity index is 1330. The molecule has 0 unspecified atom stereocenters. The molecule has 0 saturated carbocycles. The van der Waals surface area contributed by atoms with Crippen LogP contribution >= 0.6 is 0 Å². The van der Waals surface area contributed by atoms with Crippen LogP contribution in [0.3, 0.4) is 0 Å². The third kappa shape index (κ3) is 113. The number of carboxylic acids is 6. The lowest BCUT2D eigenvalue weighted by Crippen LogP contribution is -2.05. The highest BCUT2D eigenvalue weighted by Gasteiger charge is 2.01. The molecule has 0 aliphatic rings. The molecule has 0 saturated heterocycles. The molecule has 0 atom stereocenters. The summed E-state index contributed by atoms with van der Waals surface area (Å²) >= 11 is 0. The van der Waals surface area contributed by atoms with Crippen molar-refractivity contribution in [3.8, 4) is 0 Å². The van der Waals surface area contributed by atoms with Gasteiger partial charge in [0.2, 0.25) is 17.8 Å². The van der Waals surface area contributed by atoms with E-state index >= 15 is 0 Å². The molecule has 1 aromatic rings. The highest BCUT2D eigenvalue weighted by molar-refractivity contribution is 5.68. The lowest BCUT2D eigenvalue weighted by Gasteiger charge is -1.99. The fourth-order valence-electron chi connectivity index (χ4n) is 8.89. The first-order valence-corrected chi connectivity index (χ1v) is 35.1. The van der Waals surface area contributed by atoms with E-state index in [0.29, 0.717) is 38.5 Å². The molecule has 1 heterocycles. The van der Waals surface area contributed by atoms with Crippen LogP contribution in [0.5, 0.6) is 0 Å². The van der Waals surface area contributed by atoms with Crippen molar-refractivity contribution in [3.05, 3.63) is 0 Å². The largest absolute Gasteiger partial charge is 0.481 e. The Morgan fingerprint density at radius 1 is 0.207 bits per heavy atom. The van der Waals surface area contributed by atoms with Gasteiger partial charge in [0, 0.05) is 38.5 Å². The Balaban J connectivity index is -0.000000220. The summed E-state index contributed by atoms with van der Waals surface area (Å²) in [4.78, 5) is 71.5. The summed E-state index contributed by atoms with van der Waals surface area (Å²) < 4.78 is 0. The van der Waals surface area contributed by atoms with Gasteiger partial charge in [-0.25, -0.2) is 0 Å². The Hall–Kier alpha value is -4.77. The van der Waals surface area contributed by atoms with Crippen molar-refractivity contribution in [2.45, 2.75) is 388 Å². The minimum Gasteiger partial charge on any atom is -0.481 e. The zero-order valence-corrected chi connectivity index (χ0v) is 56.9. The zero-order valence-electron chi connectivity index (χ0n) is 56.9. The average molecular weight is 1240 g/mol. The van der Waals surface area contributed by atoms with Crippen molar-refractivity contribution < 1.29 is 59.4 Å². The predicted molar refractivity (Wildman–Crippen MR) is 362 cm³/mol. The minimum absolute atomic E-state index is 0.0417. The summed E-state index contributed by atoms with van der Waals surface area (Å²) in [5, 5.41) is 50.3. The highest BCUT2D eigenvalue weighted by Crippen LogP contribution is 2.14. The van der Waals surface area contributed by atoms with Crippen LogP contribution in [0.2, 0.25) is 0 Å². The van der Waals surface area contributed by atoms with Gasteiger partial charge in [0.1, 0.15) is 0 Å². The van der Waals surface area contributed by atoms with Gasteiger partial charge < -0.3 is 47.8 Å². The van der Waals surface area contributed by atoms with Gasteiger partial charge in [0.25, 0.3) is 0 Å². The Kier molecular flexibility index (Phi) is 89.4. The molecule has 0 aliphatic heterocycles. The fraction of sp³-hybridized carbons (Fsp3) is 0.870. The summed E-state index contributed by atoms with van der Waals surface area (Å²) in [6.07, 6.45) is 60.3. The predicted octanol–water partition coefficient (Wildman–Crippen LogP) is 20.2. The Labute approximate surface area is 531 Å². The second-order valence-electron chi connectivity index (χ2n) is 23.1. The number of carbonyl (C=O) groups is 6. The van der Waals surface area contributed by atoms with E-state index in [4.69, 9.17) is 47.8 Å². The SMILES string of the molecule is CCCCCCCCCCC(=O)O.CCCCCCCCCCC(=O)O.CCCCCCCCCCC(=O)O.CCCCCCCCCCC(=O)O.CCCCCCCCCCC(=O)O.CCCCCCCCCCC(=O)O.Nc1nc(N)nc(N)n1. The Morgan fingerprint density at radius 2 is 0.299 bits per heavy atom. The van der Waals surface area contributed by atoms with Crippen LogP contribution in [0.25, 0.3) is 0 Å². The number of unbranched alkanes of at least 4 members (excludes halogenated alkanes) is 42. The van der Waals surface area contributed by atoms with Crippen molar-refractivity contribution in [1.29, 1.82) is 0 Å². The van der Waals surface area contributed by atoms with E-state index in [1.165, 1.54) is 231 Å². The molecule has 12 N–H and O–H groups in total. The van der Waals surface area contributed by atoms with E-state index in [-0.39, 0.29) is 17.8 Å². The number of aliphatic carboxylic acids is 6. The number of nitrogens with zero attached hydrogens (tertiary/aromatic N) is 3. The molecule has 0 spiro atoms. The number of hydrogen-bond donors (Lipinski definition) is 9. The standard InChI is InChI=1S/6C11H22O2.C3H6N6/c6*1-2-3-4-5-6-7-8-9-10-11(12)13;4-1-7-2(5)9-3(6)8-1/h6*2-10H2,1H3,(H,12,13);(H6,4,5,6,7,8,9). The number of nitrogen functional groups attached to an aromatic ring is 3. The molecule has 516 valence electrons. The topological polar surface area (TPSA) is 341 Å². The summed E-state index contributed by atoms with van der Waals surface area (Å²) in [5.74, 6) is -3.84. The quantitative estimate of drug-likeness (QED) is 0.0274. The van der Waals surface area contributed by atoms with Crippen LogP contribution in [-0.2, 0) is 28.8 Å². The lowest BCUT2D eigenvalue weighted by molar-refractivity contribution is -0.138. The zero-order chi connectivity index (χ0) is 66.5. The maximum Gasteiger partial charge on any atom is 0.303 e. The molecule has 0 aromatic carbocycles. The van der Waals surface area contributed by atoms with E-state index < -0.39 is 35.8 Å². The molecule has 1 rings (SSSR count). The van der Waals surface area contributed by atoms with Gasteiger partial charge in [0.15, 0.2) is 0 Å². The lowest BCUT2D eigenvalue weighted by atomic mass is 10.1. The molecule has 0 amide bonds. The van der Waals surface area contributed by atoms with Gasteiger partial charge in [-0.05, 0) is 38.5 Å². The summed E-state index contributed by atoms with van der Waals surface area (Å²) in [6, 6.07) is 0. The van der Waals surface area contributed by atoms with Crippen molar-refractivity contribution in [2.75, 3.05) is 17.2 Å². The summed E-state index contributed by atoms with van der Waals surface area (Å²) in [6.45, 7) is 13.3. The van der Waals surface area contributed by atoms with Gasteiger partial charge in [-0.3, -0.25) is 28.8 Å². The third-order valence-corrected chi connectivity index (χ3v) is 14.2. The van der Waals surface area contributed by atoms with Gasteiger partial charge in [-0.2, -0.15) is 15.0 Å².